The van der Waals surface area contributed by atoms with Gasteiger partial charge in [-0.15, -0.1) is 0 Å². The van der Waals surface area contributed by atoms with Crippen LogP contribution in [0.25, 0.3) is 0 Å². The first-order valence-electron chi connectivity index (χ1n) is 19.0. The molecule has 5 amide bonds. The van der Waals surface area contributed by atoms with Gasteiger partial charge in [-0.1, -0.05) is 66.6 Å². The highest BCUT2D eigenvalue weighted by atomic mass is 32.2. The number of esters is 1. The molecule has 18 heteroatoms. The van der Waals surface area contributed by atoms with Crippen molar-refractivity contribution in [2.24, 2.45) is 10.7 Å². The molecule has 1 aliphatic heterocycles. The summed E-state index contributed by atoms with van der Waals surface area (Å²) >= 11 is 0. The predicted molar refractivity (Wildman–Crippen MR) is 211 cm³/mol. The van der Waals surface area contributed by atoms with Crippen molar-refractivity contribution in [1.82, 2.24) is 31.3 Å². The van der Waals surface area contributed by atoms with Gasteiger partial charge < -0.3 is 37.1 Å². The zero-order chi connectivity index (χ0) is 41.2. The van der Waals surface area contributed by atoms with Gasteiger partial charge in [-0.3, -0.25) is 33.8 Å². The minimum absolute atomic E-state index is 0.00177. The summed E-state index contributed by atoms with van der Waals surface area (Å²) < 4.78 is 33.1. The fourth-order valence-corrected chi connectivity index (χ4v) is 7.13. The van der Waals surface area contributed by atoms with Crippen molar-refractivity contribution >= 4 is 51.5 Å². The van der Waals surface area contributed by atoms with Crippen molar-refractivity contribution in [1.29, 1.82) is 0 Å². The highest BCUT2D eigenvalue weighted by Gasteiger charge is 2.31. The lowest BCUT2D eigenvalue weighted by molar-refractivity contribution is -0.152. The Morgan fingerprint density at radius 2 is 1.51 bits per heavy atom. The molecule has 1 heterocycles. The number of sulfonamides is 1. The third-order valence-corrected chi connectivity index (χ3v) is 10.6. The Kier molecular flexibility index (Phi) is 17.0. The van der Waals surface area contributed by atoms with Crippen molar-refractivity contribution in [3.63, 3.8) is 0 Å². The zero-order valence-corrected chi connectivity index (χ0v) is 32.8. The molecule has 2 aromatic rings. The van der Waals surface area contributed by atoms with Crippen LogP contribution in [0.15, 0.2) is 76.6 Å². The molecule has 2 aromatic carbocycles. The molecule has 8 N–H and O–H groups in total. The molecule has 308 valence electrons. The van der Waals surface area contributed by atoms with E-state index in [4.69, 9.17) is 10.5 Å². The molecular formula is C39H52N8O9S. The SMILES string of the molecule is Cc1ccc(S(=O)(=O)NC(N)=NCCCC2NC(=O)C/C=C/CNC(=O)C(Cc3ccccc3)NC(=O)[C@H](CC(=O)OC3CCCCC3)NC(=O)CNC2=O)cc1. The van der Waals surface area contributed by atoms with Gasteiger partial charge in [0.15, 0.2) is 0 Å². The van der Waals surface area contributed by atoms with Crippen LogP contribution in [-0.2, 0) is 49.9 Å². The summed E-state index contributed by atoms with van der Waals surface area (Å²) in [6.07, 6.45) is 6.64. The Balaban J connectivity index is 1.45. The summed E-state index contributed by atoms with van der Waals surface area (Å²) in [5.74, 6) is -4.45. The van der Waals surface area contributed by atoms with E-state index >= 15 is 0 Å². The molecular weight excluding hydrogens is 757 g/mol. The molecule has 2 unspecified atom stereocenters. The van der Waals surface area contributed by atoms with E-state index in [0.29, 0.717) is 12.8 Å². The number of ether oxygens (including phenoxy) is 1. The van der Waals surface area contributed by atoms with Crippen molar-refractivity contribution in [2.75, 3.05) is 19.6 Å². The van der Waals surface area contributed by atoms with Crippen LogP contribution in [0.5, 0.6) is 0 Å². The van der Waals surface area contributed by atoms with Crippen LogP contribution in [0, 0.1) is 6.92 Å². The fourth-order valence-electron chi connectivity index (χ4n) is 6.18. The Hall–Kier alpha value is -5.78. The highest BCUT2D eigenvalue weighted by molar-refractivity contribution is 7.90. The van der Waals surface area contributed by atoms with E-state index in [-0.39, 0.29) is 55.7 Å². The number of nitrogens with two attached hydrogens (primary N) is 1. The maximum absolute atomic E-state index is 13.7. The number of nitrogens with zero attached hydrogens (tertiary/aromatic N) is 1. The smallest absolute Gasteiger partial charge is 0.308 e. The molecule has 0 radical (unpaired) electrons. The molecule has 0 spiro atoms. The predicted octanol–water partition coefficient (Wildman–Crippen LogP) is 0.524. The van der Waals surface area contributed by atoms with Crippen LogP contribution in [0.4, 0.5) is 0 Å². The molecule has 4 rings (SSSR count). The number of amides is 5. The van der Waals surface area contributed by atoms with Crippen LogP contribution in [0.1, 0.15) is 68.9 Å². The van der Waals surface area contributed by atoms with Crippen LogP contribution in [0.3, 0.4) is 0 Å². The Bertz CT molecular complexity index is 1880. The van der Waals surface area contributed by atoms with Gasteiger partial charge in [0, 0.05) is 25.9 Å². The van der Waals surface area contributed by atoms with Gasteiger partial charge in [-0.2, -0.15) is 0 Å². The maximum Gasteiger partial charge on any atom is 0.308 e. The molecule has 1 fully saturated rings. The quantitative estimate of drug-likeness (QED) is 0.0545. The number of aliphatic imine (C=N–C) groups is 1. The van der Waals surface area contributed by atoms with Gasteiger partial charge in [0.05, 0.1) is 17.9 Å². The zero-order valence-electron chi connectivity index (χ0n) is 32.0. The molecule has 1 aliphatic carbocycles. The standard InChI is InChI=1S/C39H52N8O9S/c1-26-17-19-29(20-18-26)57(54,55)47-39(40)42-22-10-15-30-36(51)43-25-34(49)45-32(24-35(50)56-28-13-6-3-7-14-28)38(53)46-31(23-27-11-4-2-5-12-27)37(52)41-21-9-8-16-33(48)44-30/h2,4-5,8-9,11-12,17-20,28,30-32H,3,6-7,10,13-16,21-25H2,1H3,(H,41,52)(H,43,51)(H,44,48)(H,45,49)(H,46,53)(H3,40,42,47)/b9-8+/t30?,31?,32-/m0/s1. The number of aryl methyl sites for hydroxylation is 1. The lowest BCUT2D eigenvalue weighted by Crippen LogP contribution is -2.56. The summed E-state index contributed by atoms with van der Waals surface area (Å²) in [6, 6.07) is 11.4. The topological polar surface area (TPSA) is 256 Å². The molecule has 2 aliphatic rings. The third-order valence-electron chi connectivity index (χ3n) is 9.23. The lowest BCUT2D eigenvalue weighted by Gasteiger charge is -2.25. The number of guanidine groups is 1. The van der Waals surface area contributed by atoms with E-state index in [9.17, 15) is 37.2 Å². The van der Waals surface area contributed by atoms with E-state index in [1.54, 1.807) is 42.5 Å². The minimum Gasteiger partial charge on any atom is -0.462 e. The van der Waals surface area contributed by atoms with Gasteiger partial charge in [0.2, 0.25) is 35.5 Å². The second kappa shape index (κ2) is 22.1. The van der Waals surface area contributed by atoms with Gasteiger partial charge in [-0.05, 0) is 63.1 Å². The average Bonchev–Trinajstić information content (AvgIpc) is 3.17. The number of carbonyl (C=O) groups excluding carboxylic acids is 6. The van der Waals surface area contributed by atoms with Gasteiger partial charge in [0.1, 0.15) is 24.2 Å². The van der Waals surface area contributed by atoms with Gasteiger partial charge >= 0.3 is 5.97 Å². The molecule has 17 nitrogen and oxygen atoms in total. The van der Waals surface area contributed by atoms with E-state index < -0.39 is 76.6 Å². The normalized spacial score (nSPS) is 21.7. The number of hydrogen-bond donors (Lipinski definition) is 7. The second-order valence-electron chi connectivity index (χ2n) is 13.9. The Morgan fingerprint density at radius 1 is 0.825 bits per heavy atom. The molecule has 0 aromatic heterocycles. The van der Waals surface area contributed by atoms with Gasteiger partial charge in [-0.25, -0.2) is 13.1 Å². The molecule has 0 saturated heterocycles. The molecule has 3 atom stereocenters. The van der Waals surface area contributed by atoms with Crippen LogP contribution in [-0.4, -0.2) is 93.7 Å². The average molecular weight is 809 g/mol. The van der Waals surface area contributed by atoms with E-state index in [0.717, 1.165) is 30.4 Å². The first kappa shape index (κ1) is 43.9. The fraction of sp³-hybridized carbons (Fsp3) is 0.462. The number of nitrogens with one attached hydrogen (secondary N) is 6. The van der Waals surface area contributed by atoms with Crippen molar-refractivity contribution in [3.8, 4) is 0 Å². The highest BCUT2D eigenvalue weighted by Crippen LogP contribution is 2.21. The third kappa shape index (κ3) is 15.3. The monoisotopic (exact) mass is 808 g/mol. The molecule has 1 saturated carbocycles. The van der Waals surface area contributed by atoms with Crippen LogP contribution >= 0.6 is 0 Å². The summed E-state index contributed by atoms with van der Waals surface area (Å²) in [7, 11) is -3.98. The number of hydrogen-bond acceptors (Lipinski definition) is 10. The van der Waals surface area contributed by atoms with Crippen LogP contribution in [0.2, 0.25) is 0 Å². The van der Waals surface area contributed by atoms with E-state index in [1.807, 2.05) is 13.0 Å². The first-order chi connectivity index (χ1) is 27.3. The molecule has 57 heavy (non-hydrogen) atoms. The molecule has 0 bridgehead atoms. The van der Waals surface area contributed by atoms with Crippen LogP contribution < -0.4 is 37.0 Å². The van der Waals surface area contributed by atoms with Gasteiger partial charge in [0.25, 0.3) is 10.0 Å². The Morgan fingerprint density at radius 3 is 2.23 bits per heavy atom. The summed E-state index contributed by atoms with van der Waals surface area (Å²) in [6.45, 7) is 1.20. The second-order valence-corrected chi connectivity index (χ2v) is 15.6. The number of rotatable bonds is 11. The summed E-state index contributed by atoms with van der Waals surface area (Å²) in [5, 5.41) is 13.0. The summed E-state index contributed by atoms with van der Waals surface area (Å²) in [5.41, 5.74) is 7.45. The minimum atomic E-state index is -3.98. The maximum atomic E-state index is 13.7. The van der Waals surface area contributed by atoms with E-state index in [1.165, 1.54) is 18.2 Å². The largest absolute Gasteiger partial charge is 0.462 e. The van der Waals surface area contributed by atoms with Crippen molar-refractivity contribution < 1.29 is 41.9 Å². The Labute approximate surface area is 332 Å². The number of carbonyl (C=O) groups is 6. The lowest BCUT2D eigenvalue weighted by atomic mass is 9.98. The number of benzene rings is 2. The van der Waals surface area contributed by atoms with Crippen molar-refractivity contribution in [3.05, 3.63) is 77.9 Å². The van der Waals surface area contributed by atoms with Crippen molar-refractivity contribution in [2.45, 2.75) is 100 Å². The first-order valence-corrected chi connectivity index (χ1v) is 20.5. The summed E-state index contributed by atoms with van der Waals surface area (Å²) in [4.78, 5) is 83.5. The van der Waals surface area contributed by atoms with E-state index in [2.05, 4.69) is 36.3 Å².